The van der Waals surface area contributed by atoms with Crippen LogP contribution in [0.1, 0.15) is 54.2 Å². The van der Waals surface area contributed by atoms with E-state index >= 15 is 0 Å². The van der Waals surface area contributed by atoms with Crippen LogP contribution in [0.5, 0.6) is 11.5 Å². The number of nitrogens with zero attached hydrogens (tertiary/aromatic N) is 2. The number of hydrogen-bond donors (Lipinski definition) is 0. The topological polar surface area (TPSA) is 108 Å². The predicted molar refractivity (Wildman–Crippen MR) is 158 cm³/mol. The van der Waals surface area contributed by atoms with E-state index in [9.17, 15) is 14.4 Å². The highest BCUT2D eigenvalue weighted by Crippen LogP contribution is 2.45. The third-order valence-corrected chi connectivity index (χ3v) is 8.27. The first-order valence-corrected chi connectivity index (χ1v) is 13.9. The molecule has 212 valence electrons. The minimum atomic E-state index is -0.901. The molecule has 0 radical (unpaired) electrons. The van der Waals surface area contributed by atoms with E-state index in [0.29, 0.717) is 40.3 Å². The lowest BCUT2D eigenvalue weighted by Gasteiger charge is -2.23. The number of hydrogen-bond acceptors (Lipinski definition) is 9. The van der Waals surface area contributed by atoms with Crippen LogP contribution < -0.4 is 19.8 Å². The number of carbonyl (C=O) groups is 2. The fourth-order valence-electron chi connectivity index (χ4n) is 5.08. The molecule has 0 spiro atoms. The van der Waals surface area contributed by atoms with Crippen molar-refractivity contribution in [1.82, 2.24) is 4.98 Å². The third-order valence-electron chi connectivity index (χ3n) is 7.13. The van der Waals surface area contributed by atoms with Crippen molar-refractivity contribution < 1.29 is 28.2 Å². The summed E-state index contributed by atoms with van der Waals surface area (Å²) in [7, 11) is 2.81. The Kier molecular flexibility index (Phi) is 6.99. The Bertz CT molecular complexity index is 1910. The van der Waals surface area contributed by atoms with Crippen LogP contribution in [-0.2, 0) is 11.3 Å². The van der Waals surface area contributed by atoms with Gasteiger partial charge in [-0.25, -0.2) is 9.78 Å². The molecule has 1 aliphatic rings. The molecule has 0 N–H and O–H groups in total. The number of aromatic nitrogens is 1. The summed E-state index contributed by atoms with van der Waals surface area (Å²) in [5.41, 5.74) is 3.04. The van der Waals surface area contributed by atoms with Gasteiger partial charge in [0, 0.05) is 0 Å². The number of carbonyl (C=O) groups excluding carboxylic acids is 2. The second-order valence-corrected chi connectivity index (χ2v) is 10.8. The number of aryl methyl sites for hydroxylation is 2. The molecule has 1 unspecified atom stereocenters. The predicted octanol–water partition coefficient (Wildman–Crippen LogP) is 5.99. The van der Waals surface area contributed by atoms with E-state index in [0.717, 1.165) is 22.5 Å². The number of rotatable bonds is 7. The molecule has 1 amide bonds. The van der Waals surface area contributed by atoms with Crippen LogP contribution in [0.3, 0.4) is 0 Å². The number of esters is 1. The van der Waals surface area contributed by atoms with E-state index < -0.39 is 17.9 Å². The quantitative estimate of drug-likeness (QED) is 0.215. The van der Waals surface area contributed by atoms with Crippen LogP contribution in [0.4, 0.5) is 5.13 Å². The van der Waals surface area contributed by atoms with Gasteiger partial charge in [-0.15, -0.1) is 0 Å². The van der Waals surface area contributed by atoms with Gasteiger partial charge in [-0.2, -0.15) is 0 Å². The van der Waals surface area contributed by atoms with E-state index in [1.165, 1.54) is 19.1 Å². The lowest BCUT2D eigenvalue weighted by atomic mass is 9.98. The van der Waals surface area contributed by atoms with Gasteiger partial charge in [-0.3, -0.25) is 14.5 Å². The highest BCUT2D eigenvalue weighted by atomic mass is 32.1. The average Bonchev–Trinajstić information content (AvgIpc) is 3.53. The molecule has 0 bridgehead atoms. The van der Waals surface area contributed by atoms with Crippen molar-refractivity contribution in [2.75, 3.05) is 19.1 Å². The molecule has 2 aromatic heterocycles. The van der Waals surface area contributed by atoms with E-state index in [1.807, 2.05) is 43.3 Å². The highest BCUT2D eigenvalue weighted by Gasteiger charge is 2.45. The molecule has 9 nitrogen and oxygen atoms in total. The molecule has 42 heavy (non-hydrogen) atoms. The van der Waals surface area contributed by atoms with Crippen molar-refractivity contribution in [2.45, 2.75) is 26.5 Å². The monoisotopic (exact) mass is 582 g/mol. The van der Waals surface area contributed by atoms with Gasteiger partial charge in [0.1, 0.15) is 17.1 Å². The molecule has 3 heterocycles. The van der Waals surface area contributed by atoms with Gasteiger partial charge in [-0.05, 0) is 49.2 Å². The fourth-order valence-corrected chi connectivity index (χ4v) is 6.09. The average molecular weight is 583 g/mol. The van der Waals surface area contributed by atoms with Gasteiger partial charge in [0.05, 0.1) is 36.9 Å². The smallest absolute Gasteiger partial charge is 0.350 e. The minimum Gasteiger partial charge on any atom is -0.493 e. The van der Waals surface area contributed by atoms with Crippen molar-refractivity contribution in [3.63, 3.8) is 0 Å². The second-order valence-electron chi connectivity index (χ2n) is 9.84. The van der Waals surface area contributed by atoms with Gasteiger partial charge >= 0.3 is 5.97 Å². The number of benzene rings is 3. The van der Waals surface area contributed by atoms with E-state index in [2.05, 4.69) is 4.98 Å². The fraction of sp³-hybridized carbons (Fsp3) is 0.188. The lowest BCUT2D eigenvalue weighted by Crippen LogP contribution is -2.29. The Hall–Kier alpha value is -4.96. The van der Waals surface area contributed by atoms with Gasteiger partial charge in [0.25, 0.3) is 5.91 Å². The summed E-state index contributed by atoms with van der Waals surface area (Å²) in [6, 6.07) is 19.3. The Balaban J connectivity index is 1.50. The number of thiazole rings is 1. The van der Waals surface area contributed by atoms with Crippen LogP contribution >= 0.6 is 11.3 Å². The first-order chi connectivity index (χ1) is 20.3. The number of methoxy groups -OCH3 is 2. The molecule has 0 saturated carbocycles. The molecule has 5 aromatic rings. The number of anilines is 1. The first kappa shape index (κ1) is 27.2. The SMILES string of the molecule is COC(=O)c1sc(N2C(=O)c3oc4ccc(C)cc4c(=O)c3C2c2ccc(OCc3ccccc3)c(OC)c2)nc1C. The van der Waals surface area contributed by atoms with Crippen LogP contribution in [0.15, 0.2) is 75.9 Å². The first-order valence-electron chi connectivity index (χ1n) is 13.1. The molecule has 1 atom stereocenters. The van der Waals surface area contributed by atoms with E-state index in [1.54, 1.807) is 37.3 Å². The molecule has 6 rings (SSSR count). The molecular weight excluding hydrogens is 556 g/mol. The Morgan fingerprint density at radius 1 is 1.00 bits per heavy atom. The van der Waals surface area contributed by atoms with Crippen molar-refractivity contribution >= 4 is 39.3 Å². The normalized spacial score (nSPS) is 14.2. The van der Waals surface area contributed by atoms with Gasteiger partial charge in [-0.1, -0.05) is 59.4 Å². The van der Waals surface area contributed by atoms with Crippen LogP contribution in [0, 0.1) is 13.8 Å². The van der Waals surface area contributed by atoms with E-state index in [4.69, 9.17) is 18.6 Å². The number of amides is 1. The Morgan fingerprint density at radius 2 is 1.79 bits per heavy atom. The molecule has 0 saturated heterocycles. The summed E-state index contributed by atoms with van der Waals surface area (Å²) in [5.74, 6) is -0.245. The summed E-state index contributed by atoms with van der Waals surface area (Å²) in [6.07, 6.45) is 0. The summed E-state index contributed by atoms with van der Waals surface area (Å²) in [5, 5.41) is 0.603. The van der Waals surface area contributed by atoms with Gasteiger partial charge in [0.15, 0.2) is 22.1 Å². The molecule has 10 heteroatoms. The van der Waals surface area contributed by atoms with Crippen LogP contribution in [0.25, 0.3) is 11.0 Å². The van der Waals surface area contributed by atoms with Crippen LogP contribution in [0.2, 0.25) is 0 Å². The number of fused-ring (bicyclic) bond motifs is 2. The van der Waals surface area contributed by atoms with Gasteiger partial charge in [0.2, 0.25) is 5.76 Å². The zero-order valence-corrected chi connectivity index (χ0v) is 24.1. The summed E-state index contributed by atoms with van der Waals surface area (Å²) in [4.78, 5) is 46.5. The molecule has 3 aromatic carbocycles. The molecule has 0 aliphatic carbocycles. The maximum atomic E-state index is 14.0. The van der Waals surface area contributed by atoms with Gasteiger partial charge < -0.3 is 18.6 Å². The molecular formula is C32H26N2O7S. The maximum Gasteiger partial charge on any atom is 0.350 e. The summed E-state index contributed by atoms with van der Waals surface area (Å²) < 4.78 is 22.7. The maximum absolute atomic E-state index is 14.0. The summed E-state index contributed by atoms with van der Waals surface area (Å²) >= 11 is 1.01. The van der Waals surface area contributed by atoms with Crippen LogP contribution in [-0.4, -0.2) is 31.1 Å². The summed E-state index contributed by atoms with van der Waals surface area (Å²) in [6.45, 7) is 3.88. The highest BCUT2D eigenvalue weighted by molar-refractivity contribution is 7.17. The van der Waals surface area contributed by atoms with Crippen molar-refractivity contribution in [2.24, 2.45) is 0 Å². The van der Waals surface area contributed by atoms with Crippen molar-refractivity contribution in [3.8, 4) is 11.5 Å². The third kappa shape index (κ3) is 4.59. The zero-order valence-electron chi connectivity index (χ0n) is 23.3. The molecule has 1 aliphatic heterocycles. The van der Waals surface area contributed by atoms with E-state index in [-0.39, 0.29) is 26.8 Å². The largest absolute Gasteiger partial charge is 0.493 e. The number of ether oxygens (including phenoxy) is 3. The second kappa shape index (κ2) is 10.8. The van der Waals surface area contributed by atoms with Crippen molar-refractivity contribution in [1.29, 1.82) is 0 Å². The zero-order chi connectivity index (χ0) is 29.5. The standard InChI is InChI=1S/C32H26N2O7S/c1-17-10-12-22-21(14-17)27(35)25-26(20-11-13-23(24(15-20)38-3)40-16-19-8-6-5-7-9-19)34(30(36)28(25)41-22)32-33-18(2)29(42-32)31(37)39-4/h5-15,26H,16H2,1-4H3. The van der Waals surface area contributed by atoms with Crippen molar-refractivity contribution in [3.05, 3.63) is 116 Å². The Labute approximate surface area is 244 Å². The Morgan fingerprint density at radius 3 is 2.52 bits per heavy atom. The lowest BCUT2D eigenvalue weighted by molar-refractivity contribution is 0.0605. The molecule has 0 fully saturated rings. The minimum absolute atomic E-state index is 0.0720.